The van der Waals surface area contributed by atoms with Gasteiger partial charge < -0.3 is 5.73 Å². The minimum atomic E-state index is 0.682. The van der Waals surface area contributed by atoms with Crippen LogP contribution in [0.3, 0.4) is 0 Å². The van der Waals surface area contributed by atoms with E-state index < -0.39 is 0 Å². The molecular weight excluding hydrogens is 134 g/mol. The van der Waals surface area contributed by atoms with Crippen molar-refractivity contribution in [3.63, 3.8) is 0 Å². The molecule has 0 aromatic heterocycles. The summed E-state index contributed by atoms with van der Waals surface area (Å²) in [4.78, 5) is 0. The summed E-state index contributed by atoms with van der Waals surface area (Å²) in [7, 11) is 0. The van der Waals surface area contributed by atoms with Crippen LogP contribution in [0.2, 0.25) is 0 Å². The van der Waals surface area contributed by atoms with Crippen molar-refractivity contribution in [1.82, 2.24) is 0 Å². The molecule has 2 unspecified atom stereocenters. The van der Waals surface area contributed by atoms with E-state index in [-0.39, 0.29) is 0 Å². The lowest BCUT2D eigenvalue weighted by atomic mass is 9.83. The van der Waals surface area contributed by atoms with E-state index in [4.69, 9.17) is 5.73 Å². The number of nitrogens with two attached hydrogens (primary N) is 1. The number of hydrogen-bond donors (Lipinski definition) is 1. The van der Waals surface area contributed by atoms with Gasteiger partial charge in [0.1, 0.15) is 0 Å². The minimum Gasteiger partial charge on any atom is -0.330 e. The predicted molar refractivity (Wildman–Crippen MR) is 49.2 cm³/mol. The maximum Gasteiger partial charge on any atom is -0.00397 e. The molecule has 0 amide bonds. The van der Waals surface area contributed by atoms with Crippen LogP contribution in [0, 0.1) is 11.8 Å². The Morgan fingerprint density at radius 3 is 2.82 bits per heavy atom. The van der Waals surface area contributed by atoms with Crippen molar-refractivity contribution in [2.45, 2.75) is 20.3 Å². The Morgan fingerprint density at radius 2 is 2.18 bits per heavy atom. The largest absolute Gasteiger partial charge is 0.330 e. The molecular formula is C10H17N. The van der Waals surface area contributed by atoms with Crippen LogP contribution in [0.1, 0.15) is 20.3 Å². The first-order chi connectivity index (χ1) is 5.25. The van der Waals surface area contributed by atoms with E-state index in [2.05, 4.69) is 32.1 Å². The third-order valence-corrected chi connectivity index (χ3v) is 2.53. The van der Waals surface area contributed by atoms with Crippen molar-refractivity contribution in [1.29, 1.82) is 0 Å². The second kappa shape index (κ2) is 3.72. The molecule has 0 aliphatic heterocycles. The van der Waals surface area contributed by atoms with Gasteiger partial charge in [-0.15, -0.1) is 0 Å². The first kappa shape index (κ1) is 8.54. The molecule has 0 saturated heterocycles. The van der Waals surface area contributed by atoms with Crippen molar-refractivity contribution in [2.75, 3.05) is 6.54 Å². The zero-order valence-electron chi connectivity index (χ0n) is 7.38. The van der Waals surface area contributed by atoms with E-state index in [1.54, 1.807) is 0 Å². The van der Waals surface area contributed by atoms with Crippen LogP contribution in [-0.2, 0) is 0 Å². The van der Waals surface area contributed by atoms with Crippen LogP contribution in [0.15, 0.2) is 23.8 Å². The summed E-state index contributed by atoms with van der Waals surface area (Å²) in [6.07, 6.45) is 7.66. The molecule has 0 heterocycles. The molecule has 0 saturated carbocycles. The average Bonchev–Trinajstić information content (AvgIpc) is 1.99. The van der Waals surface area contributed by atoms with Crippen LogP contribution < -0.4 is 5.73 Å². The lowest BCUT2D eigenvalue weighted by Gasteiger charge is -2.22. The summed E-state index contributed by atoms with van der Waals surface area (Å²) in [5, 5.41) is 0. The standard InChI is InChI=1S/C10H17N/c1-8-4-3-5-10(6-7-11)9(8)2/h3-5,8-9H,6-7,11H2,1-2H3. The SMILES string of the molecule is CC1C=CC=C(CCN)C1C. The molecule has 11 heavy (non-hydrogen) atoms. The highest BCUT2D eigenvalue weighted by atomic mass is 14.5. The summed E-state index contributed by atoms with van der Waals surface area (Å²) < 4.78 is 0. The summed E-state index contributed by atoms with van der Waals surface area (Å²) in [5.74, 6) is 1.37. The topological polar surface area (TPSA) is 26.0 Å². The summed E-state index contributed by atoms with van der Waals surface area (Å²) in [5.41, 5.74) is 7.00. The zero-order valence-corrected chi connectivity index (χ0v) is 7.38. The molecule has 62 valence electrons. The Hall–Kier alpha value is -0.560. The zero-order chi connectivity index (χ0) is 8.27. The van der Waals surface area contributed by atoms with E-state index in [0.29, 0.717) is 11.8 Å². The molecule has 0 fully saturated rings. The van der Waals surface area contributed by atoms with Crippen molar-refractivity contribution in [3.05, 3.63) is 23.8 Å². The molecule has 1 aliphatic carbocycles. The molecule has 0 aromatic carbocycles. The molecule has 0 bridgehead atoms. The highest BCUT2D eigenvalue weighted by Crippen LogP contribution is 2.26. The maximum absolute atomic E-state index is 5.50. The monoisotopic (exact) mass is 151 g/mol. The number of allylic oxidation sites excluding steroid dienone is 3. The highest BCUT2D eigenvalue weighted by molar-refractivity contribution is 5.22. The fraction of sp³-hybridized carbons (Fsp3) is 0.600. The molecule has 0 aromatic rings. The second-order valence-electron chi connectivity index (χ2n) is 3.31. The second-order valence-corrected chi connectivity index (χ2v) is 3.31. The third-order valence-electron chi connectivity index (χ3n) is 2.53. The lowest BCUT2D eigenvalue weighted by Crippen LogP contribution is -2.14. The molecule has 2 atom stereocenters. The Morgan fingerprint density at radius 1 is 1.45 bits per heavy atom. The van der Waals surface area contributed by atoms with E-state index in [1.165, 1.54) is 5.57 Å². The summed E-state index contributed by atoms with van der Waals surface area (Å²) in [6, 6.07) is 0. The highest BCUT2D eigenvalue weighted by Gasteiger charge is 2.15. The molecule has 1 nitrogen and oxygen atoms in total. The van der Waals surface area contributed by atoms with Gasteiger partial charge in [0.15, 0.2) is 0 Å². The van der Waals surface area contributed by atoms with E-state index in [0.717, 1.165) is 13.0 Å². The molecule has 0 spiro atoms. The lowest BCUT2D eigenvalue weighted by molar-refractivity contribution is 0.506. The van der Waals surface area contributed by atoms with Crippen molar-refractivity contribution in [2.24, 2.45) is 17.6 Å². The van der Waals surface area contributed by atoms with Crippen molar-refractivity contribution < 1.29 is 0 Å². The van der Waals surface area contributed by atoms with Gasteiger partial charge in [0.25, 0.3) is 0 Å². The van der Waals surface area contributed by atoms with Crippen LogP contribution >= 0.6 is 0 Å². The smallest absolute Gasteiger partial charge is 0.00397 e. The van der Waals surface area contributed by atoms with Gasteiger partial charge in [0.05, 0.1) is 0 Å². The number of hydrogen-bond acceptors (Lipinski definition) is 1. The normalized spacial score (nSPS) is 30.3. The first-order valence-electron chi connectivity index (χ1n) is 4.33. The van der Waals surface area contributed by atoms with Gasteiger partial charge in [0, 0.05) is 0 Å². The Balaban J connectivity index is 2.62. The first-order valence-corrected chi connectivity index (χ1v) is 4.33. The van der Waals surface area contributed by atoms with Crippen LogP contribution in [-0.4, -0.2) is 6.54 Å². The molecule has 2 N–H and O–H groups in total. The Bertz CT molecular complexity index is 179. The van der Waals surface area contributed by atoms with Gasteiger partial charge in [-0.25, -0.2) is 0 Å². The molecule has 1 heteroatoms. The molecule has 1 aliphatic rings. The van der Waals surface area contributed by atoms with Gasteiger partial charge in [-0.1, -0.05) is 37.6 Å². The van der Waals surface area contributed by atoms with E-state index >= 15 is 0 Å². The average molecular weight is 151 g/mol. The Kier molecular flexibility index (Phi) is 2.89. The quantitative estimate of drug-likeness (QED) is 0.642. The van der Waals surface area contributed by atoms with E-state index in [9.17, 15) is 0 Å². The van der Waals surface area contributed by atoms with Gasteiger partial charge in [-0.05, 0) is 24.8 Å². The van der Waals surface area contributed by atoms with Crippen LogP contribution in [0.5, 0.6) is 0 Å². The summed E-state index contributed by atoms with van der Waals surface area (Å²) in [6.45, 7) is 5.30. The van der Waals surface area contributed by atoms with Gasteiger partial charge in [-0.3, -0.25) is 0 Å². The predicted octanol–water partition coefficient (Wildman–Crippen LogP) is 2.10. The third kappa shape index (κ3) is 1.93. The number of rotatable bonds is 2. The van der Waals surface area contributed by atoms with Gasteiger partial charge in [0.2, 0.25) is 0 Å². The fourth-order valence-electron chi connectivity index (χ4n) is 1.49. The summed E-state index contributed by atoms with van der Waals surface area (Å²) >= 11 is 0. The fourth-order valence-corrected chi connectivity index (χ4v) is 1.49. The molecule has 0 radical (unpaired) electrons. The van der Waals surface area contributed by atoms with Gasteiger partial charge in [-0.2, -0.15) is 0 Å². The Labute approximate surface area is 69.0 Å². The van der Waals surface area contributed by atoms with Crippen LogP contribution in [0.4, 0.5) is 0 Å². The van der Waals surface area contributed by atoms with Gasteiger partial charge >= 0.3 is 0 Å². The maximum atomic E-state index is 5.50. The minimum absolute atomic E-state index is 0.682. The van der Waals surface area contributed by atoms with Crippen LogP contribution in [0.25, 0.3) is 0 Å². The van der Waals surface area contributed by atoms with E-state index in [1.807, 2.05) is 0 Å². The molecule has 1 rings (SSSR count). The van der Waals surface area contributed by atoms with Crippen molar-refractivity contribution in [3.8, 4) is 0 Å². The van der Waals surface area contributed by atoms with Crippen molar-refractivity contribution >= 4 is 0 Å².